The highest BCUT2D eigenvalue weighted by atomic mass is 19.1. The molecule has 5 heteroatoms. The first-order valence-corrected chi connectivity index (χ1v) is 6.02. The molecule has 1 aromatic carbocycles. The highest BCUT2D eigenvalue weighted by molar-refractivity contribution is 5.98. The molecule has 0 radical (unpaired) electrons. The zero-order valence-electron chi connectivity index (χ0n) is 9.87. The van der Waals surface area contributed by atoms with Gasteiger partial charge in [-0.25, -0.2) is 4.39 Å². The number of fused-ring (bicyclic) bond motifs is 1. The van der Waals surface area contributed by atoms with E-state index in [9.17, 15) is 9.18 Å². The van der Waals surface area contributed by atoms with Crippen molar-refractivity contribution in [3.63, 3.8) is 0 Å². The molecule has 4 nitrogen and oxygen atoms in total. The van der Waals surface area contributed by atoms with Crippen LogP contribution in [0.5, 0.6) is 0 Å². The maximum atomic E-state index is 13.1. The Balaban J connectivity index is 1.91. The Bertz CT molecular complexity index is 587. The number of hydrogen-bond acceptors (Lipinski definition) is 2. The molecule has 1 aliphatic rings. The summed E-state index contributed by atoms with van der Waals surface area (Å²) < 4.78 is 13.1. The summed E-state index contributed by atoms with van der Waals surface area (Å²) in [6.07, 6.45) is 0. The maximum absolute atomic E-state index is 13.1. The van der Waals surface area contributed by atoms with Crippen molar-refractivity contribution in [1.82, 2.24) is 15.2 Å². The van der Waals surface area contributed by atoms with E-state index in [1.165, 1.54) is 12.1 Å². The number of aromatic amines is 1. The van der Waals surface area contributed by atoms with Crippen molar-refractivity contribution in [3.05, 3.63) is 35.8 Å². The average molecular weight is 247 g/mol. The first-order valence-electron chi connectivity index (χ1n) is 6.02. The second-order valence-electron chi connectivity index (χ2n) is 4.46. The van der Waals surface area contributed by atoms with Gasteiger partial charge in [0.25, 0.3) is 5.91 Å². The fourth-order valence-electron chi connectivity index (χ4n) is 2.25. The van der Waals surface area contributed by atoms with Crippen molar-refractivity contribution in [2.24, 2.45) is 0 Å². The Morgan fingerprint density at radius 3 is 2.78 bits per heavy atom. The third kappa shape index (κ3) is 1.97. The van der Waals surface area contributed by atoms with Gasteiger partial charge < -0.3 is 15.2 Å². The topological polar surface area (TPSA) is 48.1 Å². The Kier molecular flexibility index (Phi) is 2.76. The zero-order valence-corrected chi connectivity index (χ0v) is 9.87. The third-order valence-corrected chi connectivity index (χ3v) is 3.22. The van der Waals surface area contributed by atoms with E-state index in [1.54, 1.807) is 17.0 Å². The van der Waals surface area contributed by atoms with E-state index >= 15 is 0 Å². The first-order chi connectivity index (χ1) is 8.74. The lowest BCUT2D eigenvalue weighted by atomic mass is 10.2. The molecule has 0 saturated carbocycles. The van der Waals surface area contributed by atoms with E-state index in [1.807, 2.05) is 0 Å². The first kappa shape index (κ1) is 11.2. The molecule has 0 aliphatic carbocycles. The van der Waals surface area contributed by atoms with E-state index in [0.29, 0.717) is 24.3 Å². The van der Waals surface area contributed by atoms with Gasteiger partial charge in [0.2, 0.25) is 0 Å². The molecule has 94 valence electrons. The van der Waals surface area contributed by atoms with Crippen molar-refractivity contribution < 1.29 is 9.18 Å². The summed E-state index contributed by atoms with van der Waals surface area (Å²) in [5.74, 6) is -0.321. The highest BCUT2D eigenvalue weighted by Crippen LogP contribution is 2.17. The maximum Gasteiger partial charge on any atom is 0.270 e. The third-order valence-electron chi connectivity index (χ3n) is 3.22. The van der Waals surface area contributed by atoms with Crippen molar-refractivity contribution >= 4 is 16.8 Å². The second-order valence-corrected chi connectivity index (χ2v) is 4.46. The number of hydrogen-bond donors (Lipinski definition) is 2. The predicted octanol–water partition coefficient (Wildman–Crippen LogP) is 1.35. The van der Waals surface area contributed by atoms with Gasteiger partial charge >= 0.3 is 0 Å². The lowest BCUT2D eigenvalue weighted by molar-refractivity contribution is 0.0731. The van der Waals surface area contributed by atoms with Crippen LogP contribution in [0.15, 0.2) is 24.3 Å². The molecule has 0 bridgehead atoms. The van der Waals surface area contributed by atoms with Crippen molar-refractivity contribution in [3.8, 4) is 0 Å². The van der Waals surface area contributed by atoms with Gasteiger partial charge in [0.05, 0.1) is 0 Å². The molecule has 1 aliphatic heterocycles. The molecule has 1 aromatic heterocycles. The molecule has 18 heavy (non-hydrogen) atoms. The molecule has 3 rings (SSSR count). The smallest absolute Gasteiger partial charge is 0.270 e. The van der Waals surface area contributed by atoms with E-state index in [2.05, 4.69) is 10.3 Å². The normalized spacial score (nSPS) is 16.2. The molecule has 2 heterocycles. The lowest BCUT2D eigenvalue weighted by Crippen LogP contribution is -2.46. The summed E-state index contributed by atoms with van der Waals surface area (Å²) in [5, 5.41) is 4.06. The van der Waals surface area contributed by atoms with Crippen molar-refractivity contribution in [2.45, 2.75) is 0 Å². The fraction of sp³-hybridized carbons (Fsp3) is 0.308. The van der Waals surface area contributed by atoms with Gasteiger partial charge in [0.1, 0.15) is 11.5 Å². The number of H-pyrrole nitrogens is 1. The van der Waals surface area contributed by atoms with Crippen LogP contribution in [0.25, 0.3) is 10.9 Å². The van der Waals surface area contributed by atoms with Crippen molar-refractivity contribution in [2.75, 3.05) is 26.2 Å². The number of carbonyl (C=O) groups is 1. The minimum Gasteiger partial charge on any atom is -0.350 e. The Labute approximate surface area is 104 Å². The monoisotopic (exact) mass is 247 g/mol. The van der Waals surface area contributed by atoms with Crippen LogP contribution < -0.4 is 5.32 Å². The van der Waals surface area contributed by atoms with Crippen LogP contribution in [0.2, 0.25) is 0 Å². The number of aromatic nitrogens is 1. The number of amides is 1. The molecular weight excluding hydrogens is 233 g/mol. The summed E-state index contributed by atoms with van der Waals surface area (Å²) in [4.78, 5) is 17.0. The van der Waals surface area contributed by atoms with Gasteiger partial charge in [-0.3, -0.25) is 4.79 Å². The van der Waals surface area contributed by atoms with E-state index in [0.717, 1.165) is 18.5 Å². The fourth-order valence-corrected chi connectivity index (χ4v) is 2.25. The lowest BCUT2D eigenvalue weighted by Gasteiger charge is -2.26. The molecule has 1 fully saturated rings. The summed E-state index contributed by atoms with van der Waals surface area (Å²) in [5.41, 5.74) is 1.19. The van der Waals surface area contributed by atoms with Crippen LogP contribution in [0.3, 0.4) is 0 Å². The van der Waals surface area contributed by atoms with E-state index in [4.69, 9.17) is 0 Å². The predicted molar refractivity (Wildman–Crippen MR) is 67.0 cm³/mol. The molecule has 2 aromatic rings. The number of nitrogens with zero attached hydrogens (tertiary/aromatic N) is 1. The molecule has 0 spiro atoms. The number of rotatable bonds is 1. The van der Waals surface area contributed by atoms with Gasteiger partial charge in [-0.2, -0.15) is 0 Å². The Morgan fingerprint density at radius 1 is 1.22 bits per heavy atom. The van der Waals surface area contributed by atoms with Gasteiger partial charge in [-0.05, 0) is 24.3 Å². The Morgan fingerprint density at radius 2 is 2.00 bits per heavy atom. The van der Waals surface area contributed by atoms with Crippen LogP contribution in [0.1, 0.15) is 10.5 Å². The average Bonchev–Trinajstić information content (AvgIpc) is 2.81. The number of piperazine rings is 1. The number of benzene rings is 1. The Hall–Kier alpha value is -1.88. The van der Waals surface area contributed by atoms with Crippen LogP contribution >= 0.6 is 0 Å². The summed E-state index contributed by atoms with van der Waals surface area (Å²) in [7, 11) is 0. The molecule has 1 amide bonds. The van der Waals surface area contributed by atoms with Crippen LogP contribution in [-0.2, 0) is 0 Å². The minimum atomic E-state index is -0.300. The summed E-state index contributed by atoms with van der Waals surface area (Å²) >= 11 is 0. The standard InChI is InChI=1S/C13H14FN3O/c14-10-2-1-9-7-12(16-11(9)8-10)13(18)17-5-3-15-4-6-17/h1-2,7-8,15-16H,3-6H2. The molecular formula is C13H14FN3O. The number of nitrogens with one attached hydrogen (secondary N) is 2. The molecule has 1 saturated heterocycles. The molecule has 0 unspecified atom stereocenters. The van der Waals surface area contributed by atoms with Crippen molar-refractivity contribution in [1.29, 1.82) is 0 Å². The molecule has 0 atom stereocenters. The summed E-state index contributed by atoms with van der Waals surface area (Å²) in [6, 6.07) is 6.26. The molecule has 2 N–H and O–H groups in total. The van der Waals surface area contributed by atoms with Gasteiger partial charge in [-0.15, -0.1) is 0 Å². The summed E-state index contributed by atoms with van der Waals surface area (Å²) in [6.45, 7) is 3.06. The quantitative estimate of drug-likeness (QED) is 0.799. The van der Waals surface area contributed by atoms with Crippen LogP contribution in [-0.4, -0.2) is 42.0 Å². The van der Waals surface area contributed by atoms with Crippen LogP contribution in [0, 0.1) is 5.82 Å². The number of carbonyl (C=O) groups excluding carboxylic acids is 1. The van der Waals surface area contributed by atoms with E-state index < -0.39 is 0 Å². The van der Waals surface area contributed by atoms with E-state index in [-0.39, 0.29) is 11.7 Å². The second kappa shape index (κ2) is 4.42. The van der Waals surface area contributed by atoms with Crippen LogP contribution in [0.4, 0.5) is 4.39 Å². The van der Waals surface area contributed by atoms with Gasteiger partial charge in [-0.1, -0.05) is 0 Å². The minimum absolute atomic E-state index is 0.0203. The zero-order chi connectivity index (χ0) is 12.5. The largest absolute Gasteiger partial charge is 0.350 e. The SMILES string of the molecule is O=C(c1cc2ccc(F)cc2[nH]1)N1CCNCC1. The number of halogens is 1. The van der Waals surface area contributed by atoms with Gasteiger partial charge in [0.15, 0.2) is 0 Å². The van der Waals surface area contributed by atoms with Gasteiger partial charge in [0, 0.05) is 37.1 Å². The highest BCUT2D eigenvalue weighted by Gasteiger charge is 2.19.